The summed E-state index contributed by atoms with van der Waals surface area (Å²) in [5, 5.41) is 2.75. The molecule has 1 N–H and O–H groups in total. The zero-order valence-corrected chi connectivity index (χ0v) is 8.14. The highest BCUT2D eigenvalue weighted by Gasteiger charge is 2.16. The van der Waals surface area contributed by atoms with Crippen molar-refractivity contribution in [2.75, 3.05) is 24.5 Å². The van der Waals surface area contributed by atoms with Gasteiger partial charge in [0.15, 0.2) is 6.29 Å². The van der Waals surface area contributed by atoms with Crippen molar-refractivity contribution in [3.63, 3.8) is 0 Å². The molecule has 0 unspecified atom stereocenters. The van der Waals surface area contributed by atoms with Gasteiger partial charge in [0.05, 0.1) is 18.4 Å². The van der Waals surface area contributed by atoms with E-state index in [1.54, 1.807) is 18.3 Å². The largest absolute Gasteiger partial charge is 0.359 e. The Bertz CT molecular complexity index is 375. The number of carbonyl (C=O) groups excluding carboxylic acids is 2. The molecule has 2 rings (SSSR count). The normalized spacial score (nSPS) is 16.0. The van der Waals surface area contributed by atoms with Gasteiger partial charge in [-0.1, -0.05) is 0 Å². The third kappa shape index (κ3) is 2.12. The molecule has 5 heteroatoms. The van der Waals surface area contributed by atoms with Gasteiger partial charge >= 0.3 is 0 Å². The van der Waals surface area contributed by atoms with Crippen molar-refractivity contribution in [2.45, 2.75) is 0 Å². The van der Waals surface area contributed by atoms with Gasteiger partial charge in [-0.2, -0.15) is 0 Å². The number of rotatable bonds is 2. The second-order valence-electron chi connectivity index (χ2n) is 3.33. The molecule has 78 valence electrons. The fourth-order valence-electron chi connectivity index (χ4n) is 1.51. The van der Waals surface area contributed by atoms with Gasteiger partial charge in [0.1, 0.15) is 5.69 Å². The Hall–Kier alpha value is -1.91. The van der Waals surface area contributed by atoms with Gasteiger partial charge < -0.3 is 10.2 Å². The molecular weight excluding hydrogens is 194 g/mol. The summed E-state index contributed by atoms with van der Waals surface area (Å²) in [5.41, 5.74) is 1.27. The fraction of sp³-hybridized carbons (Fsp3) is 0.300. The topological polar surface area (TPSA) is 62.3 Å². The standard InChI is InChI=1S/C10H11N3O2/c14-7-8-1-2-9(5-12-8)13-4-3-11-10(15)6-13/h1-2,5,7H,3-4,6H2,(H,11,15). The van der Waals surface area contributed by atoms with Crippen LogP contribution in [0.5, 0.6) is 0 Å². The Morgan fingerprint density at radius 3 is 2.93 bits per heavy atom. The van der Waals surface area contributed by atoms with E-state index < -0.39 is 0 Å². The molecule has 0 spiro atoms. The lowest BCUT2D eigenvalue weighted by Crippen LogP contribution is -2.47. The molecule has 5 nitrogen and oxygen atoms in total. The minimum absolute atomic E-state index is 0.0145. The van der Waals surface area contributed by atoms with Gasteiger partial charge in [0.25, 0.3) is 0 Å². The Kier molecular flexibility index (Phi) is 2.62. The molecule has 2 heterocycles. The van der Waals surface area contributed by atoms with E-state index in [1.165, 1.54) is 0 Å². The van der Waals surface area contributed by atoms with Crippen LogP contribution >= 0.6 is 0 Å². The third-order valence-electron chi connectivity index (χ3n) is 2.29. The predicted molar refractivity (Wildman–Crippen MR) is 54.8 cm³/mol. The minimum Gasteiger partial charge on any atom is -0.359 e. The summed E-state index contributed by atoms with van der Waals surface area (Å²) in [6, 6.07) is 3.45. The van der Waals surface area contributed by atoms with Crippen LogP contribution in [0.2, 0.25) is 0 Å². The van der Waals surface area contributed by atoms with Crippen LogP contribution in [0.1, 0.15) is 10.5 Å². The van der Waals surface area contributed by atoms with E-state index in [0.29, 0.717) is 25.1 Å². The zero-order chi connectivity index (χ0) is 10.7. The number of amides is 1. The average Bonchev–Trinajstić information content (AvgIpc) is 2.29. The highest BCUT2D eigenvalue weighted by atomic mass is 16.2. The van der Waals surface area contributed by atoms with Crippen LogP contribution in [-0.2, 0) is 4.79 Å². The second kappa shape index (κ2) is 4.08. The molecule has 1 aliphatic heterocycles. The van der Waals surface area contributed by atoms with E-state index in [1.807, 2.05) is 4.90 Å². The number of anilines is 1. The molecular formula is C10H11N3O2. The molecule has 1 amide bonds. The Labute approximate surface area is 87.1 Å². The van der Waals surface area contributed by atoms with Crippen LogP contribution < -0.4 is 10.2 Å². The monoisotopic (exact) mass is 205 g/mol. The smallest absolute Gasteiger partial charge is 0.239 e. The minimum atomic E-state index is 0.0145. The molecule has 0 aromatic carbocycles. The number of nitrogens with zero attached hydrogens (tertiary/aromatic N) is 2. The van der Waals surface area contributed by atoms with Gasteiger partial charge in [-0.25, -0.2) is 0 Å². The lowest BCUT2D eigenvalue weighted by molar-refractivity contribution is -0.120. The maximum Gasteiger partial charge on any atom is 0.239 e. The van der Waals surface area contributed by atoms with Gasteiger partial charge in [-0.05, 0) is 12.1 Å². The molecule has 1 fully saturated rings. The predicted octanol–water partition coefficient (Wildman–Crippen LogP) is -0.170. The van der Waals surface area contributed by atoms with Crippen molar-refractivity contribution in [1.82, 2.24) is 10.3 Å². The summed E-state index contributed by atoms with van der Waals surface area (Å²) >= 11 is 0. The summed E-state index contributed by atoms with van der Waals surface area (Å²) in [6.45, 7) is 1.77. The molecule has 0 aliphatic carbocycles. The van der Waals surface area contributed by atoms with Crippen molar-refractivity contribution in [1.29, 1.82) is 0 Å². The van der Waals surface area contributed by atoms with Crippen LogP contribution in [0, 0.1) is 0 Å². The average molecular weight is 205 g/mol. The SMILES string of the molecule is O=Cc1ccc(N2CCNC(=O)C2)cn1. The van der Waals surface area contributed by atoms with Crippen LogP contribution in [-0.4, -0.2) is 36.8 Å². The maximum absolute atomic E-state index is 11.1. The number of carbonyl (C=O) groups is 2. The Balaban J connectivity index is 2.14. The van der Waals surface area contributed by atoms with Crippen molar-refractivity contribution in [3.05, 3.63) is 24.0 Å². The zero-order valence-electron chi connectivity index (χ0n) is 8.14. The highest BCUT2D eigenvalue weighted by Crippen LogP contribution is 2.13. The highest BCUT2D eigenvalue weighted by molar-refractivity contribution is 5.82. The summed E-state index contributed by atoms with van der Waals surface area (Å²) in [4.78, 5) is 27.4. The lowest BCUT2D eigenvalue weighted by atomic mass is 10.3. The second-order valence-corrected chi connectivity index (χ2v) is 3.33. The number of nitrogens with one attached hydrogen (secondary N) is 1. The third-order valence-corrected chi connectivity index (χ3v) is 2.29. The number of hydrogen-bond acceptors (Lipinski definition) is 4. The van der Waals surface area contributed by atoms with Crippen molar-refractivity contribution >= 4 is 17.9 Å². The Morgan fingerprint density at radius 1 is 1.47 bits per heavy atom. The summed E-state index contributed by atoms with van der Waals surface area (Å²) in [7, 11) is 0. The molecule has 1 aliphatic rings. The lowest BCUT2D eigenvalue weighted by Gasteiger charge is -2.28. The van der Waals surface area contributed by atoms with Gasteiger partial charge in [-0.15, -0.1) is 0 Å². The van der Waals surface area contributed by atoms with E-state index >= 15 is 0 Å². The summed E-state index contributed by atoms with van der Waals surface area (Å²) in [5.74, 6) is 0.0145. The van der Waals surface area contributed by atoms with E-state index in [2.05, 4.69) is 10.3 Å². The first-order chi connectivity index (χ1) is 7.29. The molecule has 0 atom stereocenters. The van der Waals surface area contributed by atoms with E-state index in [4.69, 9.17) is 0 Å². The van der Waals surface area contributed by atoms with Gasteiger partial charge in [0, 0.05) is 13.1 Å². The van der Waals surface area contributed by atoms with Crippen LogP contribution in [0.25, 0.3) is 0 Å². The number of aldehydes is 1. The molecule has 0 radical (unpaired) electrons. The van der Waals surface area contributed by atoms with E-state index in [0.717, 1.165) is 12.2 Å². The van der Waals surface area contributed by atoms with Gasteiger partial charge in [0.2, 0.25) is 5.91 Å². The fourth-order valence-corrected chi connectivity index (χ4v) is 1.51. The number of pyridine rings is 1. The number of hydrogen-bond donors (Lipinski definition) is 1. The van der Waals surface area contributed by atoms with Crippen molar-refractivity contribution in [3.8, 4) is 0 Å². The quantitative estimate of drug-likeness (QED) is 0.681. The first kappa shape index (κ1) is 9.64. The van der Waals surface area contributed by atoms with E-state index in [9.17, 15) is 9.59 Å². The van der Waals surface area contributed by atoms with Crippen molar-refractivity contribution < 1.29 is 9.59 Å². The molecule has 15 heavy (non-hydrogen) atoms. The van der Waals surface area contributed by atoms with Crippen LogP contribution in [0.4, 0.5) is 5.69 Å². The van der Waals surface area contributed by atoms with E-state index in [-0.39, 0.29) is 5.91 Å². The molecule has 0 saturated carbocycles. The van der Waals surface area contributed by atoms with Crippen LogP contribution in [0.3, 0.4) is 0 Å². The molecule has 1 saturated heterocycles. The van der Waals surface area contributed by atoms with Gasteiger partial charge in [-0.3, -0.25) is 14.6 Å². The maximum atomic E-state index is 11.1. The number of aromatic nitrogens is 1. The Morgan fingerprint density at radius 2 is 2.33 bits per heavy atom. The number of piperazine rings is 1. The summed E-state index contributed by atoms with van der Waals surface area (Å²) in [6.07, 6.45) is 2.31. The van der Waals surface area contributed by atoms with Crippen LogP contribution in [0.15, 0.2) is 18.3 Å². The first-order valence-electron chi connectivity index (χ1n) is 4.72. The molecule has 0 bridgehead atoms. The molecule has 1 aromatic rings. The molecule has 1 aromatic heterocycles. The van der Waals surface area contributed by atoms with Crippen molar-refractivity contribution in [2.24, 2.45) is 0 Å². The summed E-state index contributed by atoms with van der Waals surface area (Å²) < 4.78 is 0. The first-order valence-corrected chi connectivity index (χ1v) is 4.72.